The van der Waals surface area contributed by atoms with Crippen LogP contribution in [0.25, 0.3) is 0 Å². The lowest BCUT2D eigenvalue weighted by Gasteiger charge is -2.36. The van der Waals surface area contributed by atoms with E-state index in [1.807, 2.05) is 0 Å². The van der Waals surface area contributed by atoms with Crippen LogP contribution in [0.3, 0.4) is 0 Å². The molecule has 0 spiro atoms. The van der Waals surface area contributed by atoms with E-state index in [-0.39, 0.29) is 32.2 Å². The third-order valence-corrected chi connectivity index (χ3v) is 5.13. The number of carbonyl (C=O) groups excluding carboxylic acids is 2. The summed E-state index contributed by atoms with van der Waals surface area (Å²) in [7, 11) is 0. The van der Waals surface area contributed by atoms with Crippen LogP contribution in [0.4, 0.5) is 4.79 Å². The molecule has 33 heavy (non-hydrogen) atoms. The summed E-state index contributed by atoms with van der Waals surface area (Å²) in [4.78, 5) is 64.0. The average Bonchev–Trinajstić information content (AvgIpc) is 2.70. The van der Waals surface area contributed by atoms with Gasteiger partial charge in [0.25, 0.3) is 10.2 Å². The van der Waals surface area contributed by atoms with E-state index in [0.29, 0.717) is 12.8 Å². The molecule has 2 atom stereocenters. The smallest absolute Gasteiger partial charge is 0.410 e. The van der Waals surface area contributed by atoms with Crippen molar-refractivity contribution in [2.45, 2.75) is 77.1 Å². The van der Waals surface area contributed by atoms with Crippen LogP contribution in [0.2, 0.25) is 0 Å². The third-order valence-electron chi connectivity index (χ3n) is 5.13. The lowest BCUT2D eigenvalue weighted by Crippen LogP contribution is -2.41. The van der Waals surface area contributed by atoms with Gasteiger partial charge in [-0.3, -0.25) is 9.59 Å². The van der Waals surface area contributed by atoms with Gasteiger partial charge in [0.15, 0.2) is 0 Å². The van der Waals surface area contributed by atoms with E-state index in [1.54, 1.807) is 0 Å². The predicted octanol–water partition coefficient (Wildman–Crippen LogP) is 1.98. The van der Waals surface area contributed by atoms with E-state index < -0.39 is 52.6 Å². The minimum atomic E-state index is -1.24. The monoisotopic (exact) mass is 479 g/mol. The van der Waals surface area contributed by atoms with Gasteiger partial charge in [-0.25, -0.2) is 4.79 Å². The van der Waals surface area contributed by atoms with Crippen LogP contribution in [-0.4, -0.2) is 58.9 Å². The van der Waals surface area contributed by atoms with E-state index in [1.165, 1.54) is 6.92 Å². The number of esters is 1. The number of carbonyl (C=O) groups is 3. The fourth-order valence-electron chi connectivity index (χ4n) is 3.67. The van der Waals surface area contributed by atoms with Crippen molar-refractivity contribution in [2.24, 2.45) is 5.41 Å². The SMILES string of the molecule is CC(OC(=O)CCCC(CO[N+](=O)[O-])O[N+](=O)[O-])OC(=O)NCC1(CC(=O)O)CCCCC1. The number of rotatable bonds is 15. The minimum Gasteiger partial charge on any atom is -0.481 e. The van der Waals surface area contributed by atoms with Gasteiger partial charge in [-0.15, -0.1) is 20.2 Å². The van der Waals surface area contributed by atoms with Crippen molar-refractivity contribution in [2.75, 3.05) is 13.2 Å². The van der Waals surface area contributed by atoms with Gasteiger partial charge in [0.05, 0.1) is 6.42 Å². The molecule has 1 saturated carbocycles. The molecule has 1 amide bonds. The van der Waals surface area contributed by atoms with Crippen molar-refractivity contribution in [3.05, 3.63) is 20.2 Å². The lowest BCUT2D eigenvalue weighted by atomic mass is 9.72. The Morgan fingerprint density at radius 2 is 1.76 bits per heavy atom. The zero-order valence-corrected chi connectivity index (χ0v) is 18.3. The molecule has 15 heteroatoms. The highest BCUT2D eigenvalue weighted by Gasteiger charge is 2.35. The van der Waals surface area contributed by atoms with Gasteiger partial charge >= 0.3 is 18.0 Å². The number of ether oxygens (including phenoxy) is 2. The molecular weight excluding hydrogens is 450 g/mol. The maximum absolute atomic E-state index is 12.0. The molecule has 1 rings (SSSR count). The van der Waals surface area contributed by atoms with Gasteiger partial charge in [-0.05, 0) is 31.1 Å². The average molecular weight is 479 g/mol. The van der Waals surface area contributed by atoms with Crippen LogP contribution >= 0.6 is 0 Å². The van der Waals surface area contributed by atoms with Crippen LogP contribution in [-0.2, 0) is 28.7 Å². The summed E-state index contributed by atoms with van der Waals surface area (Å²) in [6.45, 7) is 0.767. The van der Waals surface area contributed by atoms with Gasteiger partial charge in [0.2, 0.25) is 6.29 Å². The molecule has 0 saturated heterocycles. The number of carboxylic acid groups (broad SMARTS) is 1. The van der Waals surface area contributed by atoms with Crippen molar-refractivity contribution in [1.29, 1.82) is 0 Å². The molecule has 2 unspecified atom stereocenters. The zero-order chi connectivity index (χ0) is 24.9. The molecule has 0 aliphatic heterocycles. The number of nitrogens with one attached hydrogen (secondary N) is 1. The summed E-state index contributed by atoms with van der Waals surface area (Å²) in [6.07, 6.45) is 0.462. The second kappa shape index (κ2) is 13.9. The van der Waals surface area contributed by atoms with E-state index >= 15 is 0 Å². The van der Waals surface area contributed by atoms with Crippen molar-refractivity contribution in [3.8, 4) is 0 Å². The molecular formula is C18H29N3O12. The molecule has 0 aromatic heterocycles. The Hall–Kier alpha value is -3.39. The highest BCUT2D eigenvalue weighted by Crippen LogP contribution is 2.38. The molecule has 0 aromatic carbocycles. The second-order valence-corrected chi connectivity index (χ2v) is 7.81. The number of carboxylic acids is 1. The lowest BCUT2D eigenvalue weighted by molar-refractivity contribution is -0.790. The molecule has 15 nitrogen and oxygen atoms in total. The first-order valence-corrected chi connectivity index (χ1v) is 10.5. The van der Waals surface area contributed by atoms with E-state index in [4.69, 9.17) is 14.6 Å². The summed E-state index contributed by atoms with van der Waals surface area (Å²) in [5.41, 5.74) is -0.537. The van der Waals surface area contributed by atoms with Crippen LogP contribution in [0.1, 0.15) is 64.7 Å². The fourth-order valence-corrected chi connectivity index (χ4v) is 3.67. The predicted molar refractivity (Wildman–Crippen MR) is 106 cm³/mol. The second-order valence-electron chi connectivity index (χ2n) is 7.81. The first kappa shape index (κ1) is 27.6. The number of hydrogen-bond acceptors (Lipinski definition) is 11. The van der Waals surface area contributed by atoms with Gasteiger partial charge in [-0.2, -0.15) is 0 Å². The summed E-state index contributed by atoms with van der Waals surface area (Å²) in [5.74, 6) is -1.70. The highest BCUT2D eigenvalue weighted by molar-refractivity contribution is 5.71. The molecule has 0 heterocycles. The van der Waals surface area contributed by atoms with Crippen LogP contribution < -0.4 is 5.32 Å². The molecule has 188 valence electrons. The Morgan fingerprint density at radius 1 is 1.09 bits per heavy atom. The topological polar surface area (TPSA) is 207 Å². The van der Waals surface area contributed by atoms with Crippen LogP contribution in [0.15, 0.2) is 0 Å². The number of nitrogens with zero attached hydrogens (tertiary/aromatic N) is 2. The van der Waals surface area contributed by atoms with Gasteiger partial charge in [0, 0.05) is 19.9 Å². The quantitative estimate of drug-likeness (QED) is 0.150. The Bertz CT molecular complexity index is 695. The number of alkyl carbamates (subject to hydrolysis) is 1. The van der Waals surface area contributed by atoms with E-state index in [2.05, 4.69) is 15.0 Å². The highest BCUT2D eigenvalue weighted by atomic mass is 17.0. The summed E-state index contributed by atoms with van der Waals surface area (Å²) in [6, 6.07) is 0. The maximum Gasteiger partial charge on any atom is 0.410 e. The Labute approximate surface area is 188 Å². The first-order valence-electron chi connectivity index (χ1n) is 10.5. The van der Waals surface area contributed by atoms with Crippen molar-refractivity contribution < 1.29 is 48.8 Å². The van der Waals surface area contributed by atoms with Crippen molar-refractivity contribution >= 4 is 18.0 Å². The zero-order valence-electron chi connectivity index (χ0n) is 18.3. The Kier molecular flexibility index (Phi) is 11.6. The first-order chi connectivity index (χ1) is 15.5. The molecule has 0 bridgehead atoms. The normalized spacial score (nSPS) is 16.5. The van der Waals surface area contributed by atoms with E-state index in [9.17, 15) is 34.6 Å². The Morgan fingerprint density at radius 3 is 2.33 bits per heavy atom. The van der Waals surface area contributed by atoms with Crippen LogP contribution in [0.5, 0.6) is 0 Å². The fraction of sp³-hybridized carbons (Fsp3) is 0.833. The van der Waals surface area contributed by atoms with Crippen LogP contribution in [0, 0.1) is 25.6 Å². The Balaban J connectivity index is 2.36. The molecule has 1 aliphatic rings. The van der Waals surface area contributed by atoms with Gasteiger partial charge < -0.3 is 29.6 Å². The number of amides is 1. The number of hydrogen-bond donors (Lipinski definition) is 2. The van der Waals surface area contributed by atoms with Gasteiger partial charge in [0.1, 0.15) is 12.7 Å². The largest absolute Gasteiger partial charge is 0.481 e. The molecule has 1 aliphatic carbocycles. The summed E-state index contributed by atoms with van der Waals surface area (Å²) < 4.78 is 9.89. The molecule has 2 N–H and O–H groups in total. The third kappa shape index (κ3) is 12.3. The van der Waals surface area contributed by atoms with Gasteiger partial charge in [-0.1, -0.05) is 19.3 Å². The maximum atomic E-state index is 12.0. The number of aliphatic carboxylic acids is 1. The molecule has 1 fully saturated rings. The minimum absolute atomic E-state index is 0.0367. The molecule has 0 aromatic rings. The van der Waals surface area contributed by atoms with E-state index in [0.717, 1.165) is 19.3 Å². The standard InChI is InChI=1S/C18H29N3O12/c1-13(31-16(24)7-5-6-14(33-21(28)29)11-30-20(26)27)32-17(25)19-12-18(10-15(22)23)8-3-2-4-9-18/h13-14H,2-12H2,1H3,(H,19,25)(H,22,23). The molecule has 0 radical (unpaired) electrons. The summed E-state index contributed by atoms with van der Waals surface area (Å²) in [5, 5.41) is 30.1. The summed E-state index contributed by atoms with van der Waals surface area (Å²) >= 11 is 0. The van der Waals surface area contributed by atoms with Crippen molar-refractivity contribution in [3.63, 3.8) is 0 Å². The van der Waals surface area contributed by atoms with Crippen molar-refractivity contribution in [1.82, 2.24) is 5.32 Å².